The molecule has 2 N–H and O–H groups in total. The fraction of sp³-hybridized carbons (Fsp3) is 0.0741. The molecule has 1 aliphatic heterocycles. The van der Waals surface area contributed by atoms with Gasteiger partial charge in [0.05, 0.1) is 11.4 Å². The molecule has 7 nitrogen and oxygen atoms in total. The van der Waals surface area contributed by atoms with Gasteiger partial charge in [0.1, 0.15) is 17.9 Å². The summed E-state index contributed by atoms with van der Waals surface area (Å²) >= 11 is 0. The number of amides is 3. The lowest BCUT2D eigenvalue weighted by molar-refractivity contribution is -0.118. The van der Waals surface area contributed by atoms with Crippen molar-refractivity contribution in [2.75, 3.05) is 10.3 Å². The van der Waals surface area contributed by atoms with E-state index in [2.05, 4.69) is 10.7 Å². The van der Waals surface area contributed by atoms with E-state index >= 15 is 0 Å². The molecule has 0 aliphatic carbocycles. The van der Waals surface area contributed by atoms with Crippen molar-refractivity contribution in [2.24, 2.45) is 0 Å². The largest absolute Gasteiger partial charge is 0.335 e. The Hall–Kier alpha value is -4.72. The van der Waals surface area contributed by atoms with Gasteiger partial charge in [0.25, 0.3) is 11.8 Å². The number of para-hydroxylation sites is 3. The summed E-state index contributed by atoms with van der Waals surface area (Å²) in [5, 5.41) is 4.60. The summed E-state index contributed by atoms with van der Waals surface area (Å²) in [5.74, 6) is -1.89. The predicted molar refractivity (Wildman–Crippen MR) is 132 cm³/mol. The van der Waals surface area contributed by atoms with Gasteiger partial charge >= 0.3 is 0 Å². The first-order valence-corrected chi connectivity index (χ1v) is 11.0. The van der Waals surface area contributed by atoms with Crippen LogP contribution < -0.4 is 15.8 Å². The number of rotatable bonds is 5. The molecular formula is C27H21FN4O3. The van der Waals surface area contributed by atoms with Crippen molar-refractivity contribution in [3.05, 3.63) is 102 Å². The highest BCUT2D eigenvalue weighted by Gasteiger charge is 2.35. The van der Waals surface area contributed by atoms with Crippen LogP contribution >= 0.6 is 0 Å². The average Bonchev–Trinajstić information content (AvgIpc) is 3.29. The van der Waals surface area contributed by atoms with Crippen LogP contribution in [0.3, 0.4) is 0 Å². The third kappa shape index (κ3) is 4.06. The van der Waals surface area contributed by atoms with Crippen molar-refractivity contribution in [1.82, 2.24) is 9.99 Å². The smallest absolute Gasteiger partial charge is 0.282 e. The van der Waals surface area contributed by atoms with Crippen LogP contribution in [0.2, 0.25) is 0 Å². The minimum Gasteiger partial charge on any atom is -0.335 e. The van der Waals surface area contributed by atoms with E-state index in [0.717, 1.165) is 10.9 Å². The zero-order chi connectivity index (χ0) is 24.5. The maximum atomic E-state index is 14.0. The van der Waals surface area contributed by atoms with E-state index < -0.39 is 23.5 Å². The van der Waals surface area contributed by atoms with E-state index in [1.165, 1.54) is 17.1 Å². The second-order valence-electron chi connectivity index (χ2n) is 8.11. The average molecular weight is 468 g/mol. The minimum absolute atomic E-state index is 0.00401. The molecule has 3 amide bonds. The van der Waals surface area contributed by atoms with Crippen LogP contribution in [0, 0.1) is 12.7 Å². The number of hydrogen-bond donors (Lipinski definition) is 2. The lowest BCUT2D eigenvalue weighted by Gasteiger charge is -2.13. The molecule has 1 saturated heterocycles. The zero-order valence-corrected chi connectivity index (χ0v) is 18.8. The molecule has 174 valence electrons. The van der Waals surface area contributed by atoms with Crippen molar-refractivity contribution < 1.29 is 18.8 Å². The monoisotopic (exact) mass is 468 g/mol. The predicted octanol–water partition coefficient (Wildman–Crippen LogP) is 4.19. The molecule has 8 heteroatoms. The van der Waals surface area contributed by atoms with Gasteiger partial charge < -0.3 is 9.88 Å². The third-order valence-electron chi connectivity index (χ3n) is 5.92. The first kappa shape index (κ1) is 22.1. The van der Waals surface area contributed by atoms with Crippen molar-refractivity contribution in [3.8, 4) is 0 Å². The van der Waals surface area contributed by atoms with Crippen molar-refractivity contribution in [3.63, 3.8) is 0 Å². The van der Waals surface area contributed by atoms with Gasteiger partial charge in [-0.2, -0.15) is 0 Å². The van der Waals surface area contributed by atoms with E-state index in [9.17, 15) is 18.8 Å². The van der Waals surface area contributed by atoms with Gasteiger partial charge in [0.2, 0.25) is 5.91 Å². The SMILES string of the molecule is Cc1c(C=C2C(=O)NN(c3ccccc3)C2=O)c2ccccc2n1CC(=O)Nc1ccccc1F. The number of aromatic nitrogens is 1. The molecule has 0 atom stereocenters. The van der Waals surface area contributed by atoms with Gasteiger partial charge in [-0.05, 0) is 43.3 Å². The molecule has 1 aliphatic rings. The highest BCUT2D eigenvalue weighted by molar-refractivity contribution is 6.32. The molecule has 0 bridgehead atoms. The lowest BCUT2D eigenvalue weighted by Crippen LogP contribution is -2.35. The number of nitrogens with zero attached hydrogens (tertiary/aromatic N) is 2. The number of benzene rings is 3. The van der Waals surface area contributed by atoms with Crippen LogP contribution in [0.1, 0.15) is 11.3 Å². The number of nitrogens with one attached hydrogen (secondary N) is 2. The summed E-state index contributed by atoms with van der Waals surface area (Å²) in [6.45, 7) is 1.75. The van der Waals surface area contributed by atoms with Crippen molar-refractivity contribution in [2.45, 2.75) is 13.5 Å². The highest BCUT2D eigenvalue weighted by Crippen LogP contribution is 2.30. The summed E-state index contributed by atoms with van der Waals surface area (Å²) in [4.78, 5) is 38.5. The van der Waals surface area contributed by atoms with Gasteiger partial charge in [-0.1, -0.05) is 48.5 Å². The number of hydrazine groups is 1. The Morgan fingerprint density at radius 2 is 1.66 bits per heavy atom. The van der Waals surface area contributed by atoms with E-state index in [4.69, 9.17) is 0 Å². The van der Waals surface area contributed by atoms with E-state index in [1.807, 2.05) is 37.3 Å². The van der Waals surface area contributed by atoms with Crippen LogP contribution in [0.15, 0.2) is 84.4 Å². The molecule has 1 fully saturated rings. The Balaban J connectivity index is 1.50. The Kier molecular flexibility index (Phi) is 5.62. The highest BCUT2D eigenvalue weighted by atomic mass is 19.1. The van der Waals surface area contributed by atoms with E-state index in [-0.39, 0.29) is 17.8 Å². The van der Waals surface area contributed by atoms with Gasteiger partial charge in [0, 0.05) is 22.2 Å². The van der Waals surface area contributed by atoms with Gasteiger partial charge in [-0.25, -0.2) is 9.40 Å². The van der Waals surface area contributed by atoms with Gasteiger partial charge in [-0.3, -0.25) is 19.8 Å². The van der Waals surface area contributed by atoms with Crippen LogP contribution in [0.25, 0.3) is 17.0 Å². The molecule has 0 spiro atoms. The number of carbonyl (C=O) groups excluding carboxylic acids is 3. The summed E-state index contributed by atoms with van der Waals surface area (Å²) in [5.41, 5.74) is 5.36. The molecule has 5 rings (SSSR count). The maximum Gasteiger partial charge on any atom is 0.282 e. The van der Waals surface area contributed by atoms with Crippen LogP contribution in [0.4, 0.5) is 15.8 Å². The van der Waals surface area contributed by atoms with Crippen LogP contribution in [-0.2, 0) is 20.9 Å². The number of fused-ring (bicyclic) bond motifs is 1. The molecule has 3 aromatic carbocycles. The zero-order valence-electron chi connectivity index (χ0n) is 18.8. The first-order chi connectivity index (χ1) is 16.9. The molecular weight excluding hydrogens is 447 g/mol. The van der Waals surface area contributed by atoms with Gasteiger partial charge in [0.15, 0.2) is 0 Å². The lowest BCUT2D eigenvalue weighted by atomic mass is 10.1. The molecule has 0 saturated carbocycles. The summed E-state index contributed by atoms with van der Waals surface area (Å²) in [7, 11) is 0. The number of halogens is 1. The maximum absolute atomic E-state index is 14.0. The second-order valence-corrected chi connectivity index (χ2v) is 8.11. The number of hydrogen-bond acceptors (Lipinski definition) is 3. The summed E-state index contributed by atoms with van der Waals surface area (Å²) < 4.78 is 15.8. The van der Waals surface area contributed by atoms with Crippen LogP contribution in [-0.4, -0.2) is 22.3 Å². The Morgan fingerprint density at radius 3 is 2.43 bits per heavy atom. The fourth-order valence-electron chi connectivity index (χ4n) is 4.20. The molecule has 35 heavy (non-hydrogen) atoms. The van der Waals surface area contributed by atoms with Crippen LogP contribution in [0.5, 0.6) is 0 Å². The van der Waals surface area contributed by atoms with Gasteiger partial charge in [-0.15, -0.1) is 0 Å². The fourth-order valence-corrected chi connectivity index (χ4v) is 4.20. The van der Waals surface area contributed by atoms with Crippen molar-refractivity contribution >= 4 is 46.1 Å². The molecule has 1 aromatic heterocycles. The second kappa shape index (κ2) is 8.90. The Labute approximate surface area is 200 Å². The molecule has 2 heterocycles. The first-order valence-electron chi connectivity index (χ1n) is 11.0. The molecule has 4 aromatic rings. The summed E-state index contributed by atoms with van der Waals surface area (Å²) in [6, 6.07) is 22.2. The quantitative estimate of drug-likeness (QED) is 0.340. The number of anilines is 2. The van der Waals surface area contributed by atoms with E-state index in [0.29, 0.717) is 16.9 Å². The number of carbonyl (C=O) groups is 3. The van der Waals surface area contributed by atoms with Crippen molar-refractivity contribution in [1.29, 1.82) is 0 Å². The minimum atomic E-state index is -0.519. The summed E-state index contributed by atoms with van der Waals surface area (Å²) in [6.07, 6.45) is 1.56. The molecule has 0 radical (unpaired) electrons. The Bertz CT molecular complexity index is 1510. The third-order valence-corrected chi connectivity index (χ3v) is 5.92. The standard InChI is InChI=1S/C27H21FN4O3/c1-17-20(15-21-26(34)30-32(27(21)35)18-9-3-2-4-10-18)19-11-5-8-14-24(19)31(17)16-25(33)29-23-13-7-6-12-22(23)28/h2-15H,16H2,1H3,(H,29,33)(H,30,34). The Morgan fingerprint density at radius 1 is 0.971 bits per heavy atom. The normalized spacial score (nSPS) is 14.6. The topological polar surface area (TPSA) is 83.4 Å². The van der Waals surface area contributed by atoms with E-state index in [1.54, 1.807) is 47.0 Å². The molecule has 0 unspecified atom stereocenters.